The van der Waals surface area contributed by atoms with Crippen molar-refractivity contribution < 1.29 is 14.3 Å². The van der Waals surface area contributed by atoms with Crippen LogP contribution in [0.5, 0.6) is 0 Å². The fourth-order valence-corrected chi connectivity index (χ4v) is 3.42. The molecule has 0 saturated carbocycles. The van der Waals surface area contributed by atoms with Gasteiger partial charge >= 0.3 is 12.1 Å². The third-order valence-corrected chi connectivity index (χ3v) is 4.86. The van der Waals surface area contributed by atoms with Gasteiger partial charge in [0.1, 0.15) is 0 Å². The summed E-state index contributed by atoms with van der Waals surface area (Å²) < 4.78 is 6.95. The second kappa shape index (κ2) is 10.4. The summed E-state index contributed by atoms with van der Waals surface area (Å²) in [6, 6.07) is -0.436. The Morgan fingerprint density at radius 1 is 1.30 bits per heavy atom. The highest BCUT2D eigenvalue weighted by atomic mass is 32.2. The van der Waals surface area contributed by atoms with Crippen molar-refractivity contribution in [3.63, 3.8) is 0 Å². The highest BCUT2D eigenvalue weighted by Gasteiger charge is 2.15. The van der Waals surface area contributed by atoms with Crippen LogP contribution in [0.15, 0.2) is 9.33 Å². The minimum absolute atomic E-state index is 0.240. The number of rotatable bonds is 7. The molecule has 0 aliphatic heterocycles. The van der Waals surface area contributed by atoms with Crippen LogP contribution >= 0.6 is 23.1 Å². The van der Waals surface area contributed by atoms with Gasteiger partial charge in [0.05, 0.1) is 6.61 Å². The number of hydrogen-bond donors (Lipinski definition) is 0. The molecule has 1 aromatic heterocycles. The molecule has 1 rings (SSSR count). The number of carbonyl (C=O) groups is 2. The topological polar surface area (TPSA) is 76.8 Å². The fraction of sp³-hybridized carbons (Fsp3) is 0.714. The second-order valence-corrected chi connectivity index (χ2v) is 7.32. The van der Waals surface area contributed by atoms with Crippen LogP contribution < -0.4 is 4.80 Å². The Bertz CT molecular complexity index is 581. The normalized spacial score (nSPS) is 11.6. The van der Waals surface area contributed by atoms with Crippen molar-refractivity contribution in [3.8, 4) is 0 Å². The quantitative estimate of drug-likeness (QED) is 0.551. The van der Waals surface area contributed by atoms with Crippen LogP contribution in [0.25, 0.3) is 0 Å². The Kier molecular flexibility index (Phi) is 8.93. The van der Waals surface area contributed by atoms with Gasteiger partial charge in [0.2, 0.25) is 4.80 Å². The van der Waals surface area contributed by atoms with E-state index in [1.165, 1.54) is 16.2 Å². The Hall–Kier alpha value is -1.35. The van der Waals surface area contributed by atoms with Crippen LogP contribution in [0.2, 0.25) is 0 Å². The number of unbranched alkanes of at least 4 members (excludes halogenated alkanes) is 2. The van der Waals surface area contributed by atoms with Gasteiger partial charge in [0, 0.05) is 19.8 Å². The van der Waals surface area contributed by atoms with Crippen molar-refractivity contribution in [1.29, 1.82) is 0 Å². The maximum atomic E-state index is 12.1. The summed E-state index contributed by atoms with van der Waals surface area (Å²) in [4.78, 5) is 29.4. The number of urea groups is 1. The molecule has 23 heavy (non-hydrogen) atoms. The van der Waals surface area contributed by atoms with Crippen LogP contribution in [0.1, 0.15) is 39.5 Å². The number of aromatic nitrogens is 2. The summed E-state index contributed by atoms with van der Waals surface area (Å²) in [6.07, 6.45) is 3.28. The first-order valence-corrected chi connectivity index (χ1v) is 9.45. The van der Waals surface area contributed by atoms with Crippen molar-refractivity contribution in [2.75, 3.05) is 26.5 Å². The molecule has 0 aromatic carbocycles. The lowest BCUT2D eigenvalue weighted by Crippen LogP contribution is -2.29. The molecule has 1 heterocycles. The molecule has 0 saturated heterocycles. The lowest BCUT2D eigenvalue weighted by atomic mass is 10.4. The summed E-state index contributed by atoms with van der Waals surface area (Å²) in [5.41, 5.74) is 0. The predicted molar refractivity (Wildman–Crippen MR) is 92.0 cm³/mol. The van der Waals surface area contributed by atoms with Gasteiger partial charge in [-0.15, -0.1) is 9.78 Å². The van der Waals surface area contributed by atoms with Crippen LogP contribution in [-0.2, 0) is 4.74 Å². The SMILES string of the molecule is CCCCOC(=O)n1nc(SCCCC)sc1=NC(=O)N(C)C. The smallest absolute Gasteiger partial charge is 0.437 e. The van der Waals surface area contributed by atoms with E-state index in [-0.39, 0.29) is 4.80 Å². The zero-order valence-corrected chi connectivity index (χ0v) is 15.7. The van der Waals surface area contributed by atoms with Crippen LogP contribution in [0.4, 0.5) is 9.59 Å². The number of hydrogen-bond acceptors (Lipinski definition) is 6. The van der Waals surface area contributed by atoms with Crippen molar-refractivity contribution in [3.05, 3.63) is 4.80 Å². The average Bonchev–Trinajstić information content (AvgIpc) is 2.90. The molecule has 0 aliphatic rings. The van der Waals surface area contributed by atoms with E-state index in [9.17, 15) is 9.59 Å². The summed E-state index contributed by atoms with van der Waals surface area (Å²) in [7, 11) is 3.21. The molecule has 0 radical (unpaired) electrons. The third-order valence-electron chi connectivity index (χ3n) is 2.74. The number of amides is 2. The number of nitrogens with zero attached hydrogens (tertiary/aromatic N) is 4. The van der Waals surface area contributed by atoms with Gasteiger partial charge in [0.15, 0.2) is 4.34 Å². The molecular weight excluding hydrogens is 336 g/mol. The van der Waals surface area contributed by atoms with E-state index in [1.807, 2.05) is 6.92 Å². The van der Waals surface area contributed by atoms with Crippen LogP contribution in [0.3, 0.4) is 0 Å². The lowest BCUT2D eigenvalue weighted by Gasteiger charge is -2.04. The molecule has 0 aliphatic carbocycles. The van der Waals surface area contributed by atoms with Gasteiger partial charge in [-0.05, 0) is 12.8 Å². The van der Waals surface area contributed by atoms with E-state index in [0.29, 0.717) is 10.9 Å². The van der Waals surface area contributed by atoms with E-state index in [4.69, 9.17) is 4.74 Å². The van der Waals surface area contributed by atoms with E-state index in [1.54, 1.807) is 25.9 Å². The molecule has 0 fully saturated rings. The monoisotopic (exact) mass is 360 g/mol. The van der Waals surface area contributed by atoms with Gasteiger partial charge in [0.25, 0.3) is 0 Å². The van der Waals surface area contributed by atoms with Crippen molar-refractivity contribution in [2.24, 2.45) is 4.99 Å². The van der Waals surface area contributed by atoms with Crippen molar-refractivity contribution in [1.82, 2.24) is 14.7 Å². The first-order chi connectivity index (χ1) is 11.0. The van der Waals surface area contributed by atoms with Gasteiger partial charge in [-0.2, -0.15) is 4.99 Å². The molecule has 1 aromatic rings. The second-order valence-electron chi connectivity index (χ2n) is 5.02. The summed E-state index contributed by atoms with van der Waals surface area (Å²) in [5, 5.41) is 4.23. The molecule has 0 N–H and O–H groups in total. The molecule has 2 amide bonds. The molecular formula is C14H24N4O3S2. The van der Waals surface area contributed by atoms with Crippen molar-refractivity contribution >= 4 is 35.2 Å². The Morgan fingerprint density at radius 3 is 2.61 bits per heavy atom. The summed E-state index contributed by atoms with van der Waals surface area (Å²) in [6.45, 7) is 4.46. The molecule has 0 bridgehead atoms. The summed E-state index contributed by atoms with van der Waals surface area (Å²) >= 11 is 2.78. The Morgan fingerprint density at radius 2 is 2.00 bits per heavy atom. The summed E-state index contributed by atoms with van der Waals surface area (Å²) in [5.74, 6) is 0.913. The van der Waals surface area contributed by atoms with E-state index in [2.05, 4.69) is 17.0 Å². The minimum Gasteiger partial charge on any atom is -0.448 e. The Labute approximate surface area is 144 Å². The lowest BCUT2D eigenvalue weighted by molar-refractivity contribution is 0.141. The van der Waals surface area contributed by atoms with Crippen LogP contribution in [0, 0.1) is 0 Å². The predicted octanol–water partition coefficient (Wildman–Crippen LogP) is 3.20. The Balaban J connectivity index is 2.99. The molecule has 9 heteroatoms. The first-order valence-electron chi connectivity index (χ1n) is 7.65. The van der Waals surface area contributed by atoms with E-state index >= 15 is 0 Å². The fourth-order valence-electron chi connectivity index (χ4n) is 1.36. The van der Waals surface area contributed by atoms with Gasteiger partial charge in [-0.3, -0.25) is 0 Å². The highest BCUT2D eigenvalue weighted by Crippen LogP contribution is 2.19. The van der Waals surface area contributed by atoms with E-state index in [0.717, 1.165) is 36.1 Å². The number of thioether (sulfide) groups is 1. The maximum absolute atomic E-state index is 12.1. The zero-order valence-electron chi connectivity index (χ0n) is 14.1. The molecule has 0 atom stereocenters. The molecule has 130 valence electrons. The number of carbonyl (C=O) groups excluding carboxylic acids is 2. The largest absolute Gasteiger partial charge is 0.448 e. The van der Waals surface area contributed by atoms with Gasteiger partial charge in [-0.25, -0.2) is 9.59 Å². The highest BCUT2D eigenvalue weighted by molar-refractivity contribution is 8.00. The van der Waals surface area contributed by atoms with Crippen LogP contribution in [-0.4, -0.2) is 53.3 Å². The zero-order chi connectivity index (χ0) is 17.2. The maximum Gasteiger partial charge on any atom is 0.437 e. The molecule has 7 nitrogen and oxygen atoms in total. The molecule has 0 spiro atoms. The number of ether oxygens (including phenoxy) is 1. The van der Waals surface area contributed by atoms with Crippen molar-refractivity contribution in [2.45, 2.75) is 43.9 Å². The van der Waals surface area contributed by atoms with Gasteiger partial charge in [-0.1, -0.05) is 49.8 Å². The average molecular weight is 361 g/mol. The standard InChI is InChI=1S/C14H24N4O3S2/c1-5-7-9-21-14(20)18-12(15-11(19)17(3)4)23-13(16-18)22-10-8-6-2/h5-10H2,1-4H3. The minimum atomic E-state index is -0.595. The molecule has 0 unspecified atom stereocenters. The van der Waals surface area contributed by atoms with E-state index < -0.39 is 12.1 Å². The first kappa shape index (κ1) is 19.7. The van der Waals surface area contributed by atoms with Gasteiger partial charge < -0.3 is 9.64 Å². The third kappa shape index (κ3) is 6.74.